The van der Waals surface area contributed by atoms with Crippen LogP contribution in [0.15, 0.2) is 36.5 Å². The van der Waals surface area contributed by atoms with Gasteiger partial charge in [0.2, 0.25) is 0 Å². The fraction of sp³-hybridized carbons (Fsp3) is 0.353. The minimum absolute atomic E-state index is 0.187. The first-order valence-corrected chi connectivity index (χ1v) is 7.67. The first-order valence-electron chi connectivity index (χ1n) is 7.67. The number of nitrogens with one attached hydrogen (secondary N) is 1. The molecule has 1 N–H and O–H groups in total. The van der Waals surface area contributed by atoms with Crippen LogP contribution in [0.4, 0.5) is 0 Å². The minimum atomic E-state index is -0.241. The molecule has 1 heterocycles. The van der Waals surface area contributed by atoms with E-state index in [0.29, 0.717) is 31.6 Å². The van der Waals surface area contributed by atoms with Gasteiger partial charge in [-0.05, 0) is 32.4 Å². The quantitative estimate of drug-likeness (QED) is 0.628. The summed E-state index contributed by atoms with van der Waals surface area (Å²) in [5.41, 5.74) is 2.22. The topological polar surface area (TPSA) is 73.2 Å². The molecule has 0 aliphatic heterocycles. The second-order valence-electron chi connectivity index (χ2n) is 5.06. The van der Waals surface area contributed by atoms with Crippen molar-refractivity contribution in [3.8, 4) is 5.69 Å². The summed E-state index contributed by atoms with van der Waals surface area (Å²) in [4.78, 5) is 23.4. The van der Waals surface area contributed by atoms with Crippen molar-refractivity contribution in [2.45, 2.75) is 26.7 Å². The standard InChI is InChI=1S/C17H21N3O3/c1-3-23-16(21)10-7-11-18-17(22)15-12-19-20(13(15)2)14-8-5-4-6-9-14/h4-6,8-9,12H,3,7,10-11H2,1-2H3,(H,18,22). The summed E-state index contributed by atoms with van der Waals surface area (Å²) >= 11 is 0. The smallest absolute Gasteiger partial charge is 0.305 e. The summed E-state index contributed by atoms with van der Waals surface area (Å²) in [6.45, 7) is 4.43. The van der Waals surface area contributed by atoms with E-state index in [2.05, 4.69) is 10.4 Å². The van der Waals surface area contributed by atoms with Gasteiger partial charge in [-0.25, -0.2) is 4.68 Å². The molecular formula is C17H21N3O3. The summed E-state index contributed by atoms with van der Waals surface area (Å²) in [6.07, 6.45) is 2.41. The van der Waals surface area contributed by atoms with Crippen LogP contribution in [0.2, 0.25) is 0 Å². The third-order valence-corrected chi connectivity index (χ3v) is 3.40. The van der Waals surface area contributed by atoms with Gasteiger partial charge in [0.05, 0.1) is 29.7 Å². The average Bonchev–Trinajstić information content (AvgIpc) is 2.94. The van der Waals surface area contributed by atoms with Crippen LogP contribution in [0.5, 0.6) is 0 Å². The summed E-state index contributed by atoms with van der Waals surface area (Å²) < 4.78 is 6.57. The van der Waals surface area contributed by atoms with Crippen molar-refractivity contribution in [2.24, 2.45) is 0 Å². The van der Waals surface area contributed by atoms with Crippen molar-refractivity contribution in [1.29, 1.82) is 0 Å². The molecule has 0 bridgehead atoms. The lowest BCUT2D eigenvalue weighted by atomic mass is 10.2. The Morgan fingerprint density at radius 2 is 2.00 bits per heavy atom. The highest BCUT2D eigenvalue weighted by molar-refractivity contribution is 5.95. The number of hydrogen-bond donors (Lipinski definition) is 1. The number of ether oxygens (including phenoxy) is 1. The van der Waals surface area contributed by atoms with E-state index in [1.54, 1.807) is 17.8 Å². The first kappa shape index (κ1) is 16.7. The number of amides is 1. The molecule has 2 rings (SSSR count). The molecule has 122 valence electrons. The Hall–Kier alpha value is -2.63. The summed E-state index contributed by atoms with van der Waals surface area (Å²) in [5.74, 6) is -0.427. The maximum absolute atomic E-state index is 12.2. The van der Waals surface area contributed by atoms with Gasteiger partial charge in [0, 0.05) is 13.0 Å². The second kappa shape index (κ2) is 8.12. The molecule has 23 heavy (non-hydrogen) atoms. The third kappa shape index (κ3) is 4.42. The molecule has 0 aliphatic rings. The van der Waals surface area contributed by atoms with Crippen molar-refractivity contribution in [3.05, 3.63) is 47.8 Å². The normalized spacial score (nSPS) is 10.3. The molecule has 0 atom stereocenters. The molecule has 2 aromatic rings. The van der Waals surface area contributed by atoms with E-state index >= 15 is 0 Å². The summed E-state index contributed by atoms with van der Waals surface area (Å²) in [5, 5.41) is 7.07. The largest absolute Gasteiger partial charge is 0.466 e. The van der Waals surface area contributed by atoms with Gasteiger partial charge >= 0.3 is 5.97 Å². The van der Waals surface area contributed by atoms with Gasteiger partial charge in [-0.15, -0.1) is 0 Å². The van der Waals surface area contributed by atoms with Crippen LogP contribution in [-0.4, -0.2) is 34.8 Å². The molecule has 6 heteroatoms. The van der Waals surface area contributed by atoms with Gasteiger partial charge in [0.1, 0.15) is 0 Å². The number of hydrogen-bond acceptors (Lipinski definition) is 4. The van der Waals surface area contributed by atoms with Crippen LogP contribution < -0.4 is 5.32 Å². The van der Waals surface area contributed by atoms with Gasteiger partial charge < -0.3 is 10.1 Å². The number of para-hydroxylation sites is 1. The summed E-state index contributed by atoms with van der Waals surface area (Å²) in [6, 6.07) is 9.64. The zero-order valence-corrected chi connectivity index (χ0v) is 13.4. The van der Waals surface area contributed by atoms with E-state index in [0.717, 1.165) is 11.4 Å². The molecule has 0 saturated carbocycles. The van der Waals surface area contributed by atoms with Gasteiger partial charge in [-0.1, -0.05) is 18.2 Å². The first-order chi connectivity index (χ1) is 11.1. The van der Waals surface area contributed by atoms with E-state index in [1.165, 1.54) is 0 Å². The second-order valence-corrected chi connectivity index (χ2v) is 5.06. The van der Waals surface area contributed by atoms with Crippen molar-refractivity contribution >= 4 is 11.9 Å². The Bertz CT molecular complexity index is 665. The van der Waals surface area contributed by atoms with Crippen molar-refractivity contribution in [1.82, 2.24) is 15.1 Å². The molecule has 0 aliphatic carbocycles. The zero-order valence-electron chi connectivity index (χ0n) is 13.4. The Kier molecular flexibility index (Phi) is 5.91. The SMILES string of the molecule is CCOC(=O)CCCNC(=O)c1cnn(-c2ccccc2)c1C. The Morgan fingerprint density at radius 3 is 2.70 bits per heavy atom. The van der Waals surface area contributed by atoms with Crippen molar-refractivity contribution in [3.63, 3.8) is 0 Å². The van der Waals surface area contributed by atoms with Crippen LogP contribution in [0, 0.1) is 6.92 Å². The number of aromatic nitrogens is 2. The Morgan fingerprint density at radius 1 is 1.26 bits per heavy atom. The van der Waals surface area contributed by atoms with Crippen LogP contribution in [0.3, 0.4) is 0 Å². The highest BCUT2D eigenvalue weighted by atomic mass is 16.5. The average molecular weight is 315 g/mol. The van der Waals surface area contributed by atoms with Crippen molar-refractivity contribution < 1.29 is 14.3 Å². The van der Waals surface area contributed by atoms with E-state index in [-0.39, 0.29) is 11.9 Å². The predicted octanol–water partition coefficient (Wildman–Crippen LogP) is 2.25. The lowest BCUT2D eigenvalue weighted by Gasteiger charge is -2.06. The van der Waals surface area contributed by atoms with Crippen LogP contribution in [0.1, 0.15) is 35.8 Å². The van der Waals surface area contributed by atoms with Gasteiger partial charge in [-0.3, -0.25) is 9.59 Å². The molecule has 0 radical (unpaired) electrons. The van der Waals surface area contributed by atoms with E-state index in [9.17, 15) is 9.59 Å². The maximum Gasteiger partial charge on any atom is 0.305 e. The Balaban J connectivity index is 1.91. The van der Waals surface area contributed by atoms with E-state index in [4.69, 9.17) is 4.74 Å². The van der Waals surface area contributed by atoms with Crippen LogP contribution in [-0.2, 0) is 9.53 Å². The molecule has 6 nitrogen and oxygen atoms in total. The third-order valence-electron chi connectivity index (χ3n) is 3.40. The molecule has 0 fully saturated rings. The highest BCUT2D eigenvalue weighted by Gasteiger charge is 2.14. The monoisotopic (exact) mass is 315 g/mol. The zero-order chi connectivity index (χ0) is 16.7. The molecule has 0 saturated heterocycles. The van der Waals surface area contributed by atoms with Crippen LogP contribution in [0.25, 0.3) is 5.69 Å². The van der Waals surface area contributed by atoms with Gasteiger partial charge in [0.25, 0.3) is 5.91 Å². The molecular weight excluding hydrogens is 294 g/mol. The molecule has 1 amide bonds. The lowest BCUT2D eigenvalue weighted by Crippen LogP contribution is -2.25. The number of rotatable bonds is 7. The molecule has 0 unspecified atom stereocenters. The molecule has 1 aromatic heterocycles. The van der Waals surface area contributed by atoms with Gasteiger partial charge in [0.15, 0.2) is 0 Å². The fourth-order valence-corrected chi connectivity index (χ4v) is 2.23. The Labute approximate surface area is 135 Å². The maximum atomic E-state index is 12.2. The fourth-order valence-electron chi connectivity index (χ4n) is 2.23. The number of carbonyl (C=O) groups excluding carboxylic acids is 2. The summed E-state index contributed by atoms with van der Waals surface area (Å²) in [7, 11) is 0. The number of esters is 1. The van der Waals surface area contributed by atoms with E-state index in [1.807, 2.05) is 37.3 Å². The number of nitrogens with zero attached hydrogens (tertiary/aromatic N) is 2. The molecule has 1 aromatic carbocycles. The highest BCUT2D eigenvalue weighted by Crippen LogP contribution is 2.13. The molecule has 0 spiro atoms. The number of benzene rings is 1. The number of carbonyl (C=O) groups is 2. The van der Waals surface area contributed by atoms with Gasteiger partial charge in [-0.2, -0.15) is 5.10 Å². The predicted molar refractivity (Wildman–Crippen MR) is 86.5 cm³/mol. The van der Waals surface area contributed by atoms with E-state index < -0.39 is 0 Å². The van der Waals surface area contributed by atoms with Crippen LogP contribution >= 0.6 is 0 Å². The van der Waals surface area contributed by atoms with Crippen molar-refractivity contribution in [2.75, 3.05) is 13.2 Å². The lowest BCUT2D eigenvalue weighted by molar-refractivity contribution is -0.143. The minimum Gasteiger partial charge on any atom is -0.466 e.